The highest BCUT2D eigenvalue weighted by Crippen LogP contribution is 2.39. The maximum atomic E-state index is 14.5. The summed E-state index contributed by atoms with van der Waals surface area (Å²) in [7, 11) is 0. The number of halogens is 8. The molecule has 0 aliphatic carbocycles. The summed E-state index contributed by atoms with van der Waals surface area (Å²) in [6, 6.07) is 2.70. The number of hydrogen-bond acceptors (Lipinski definition) is 2. The average Bonchev–Trinajstić information content (AvgIpc) is 2.62. The molecule has 0 saturated carbocycles. The van der Waals surface area contributed by atoms with Crippen LogP contribution in [0.3, 0.4) is 0 Å². The standard InChI is InChI=1S/C21H18ClF7O2/c1-2-3-4-5-12-8-15(23)19(16(24)9-12)21(28,29)31-13-10-14(22)20(17(25)11-13)30-7-6-18(26)27/h6-11,18H,2-5H2,1H3/b7-6+. The van der Waals surface area contributed by atoms with Crippen molar-refractivity contribution >= 4 is 11.6 Å². The number of aryl methyl sites for hydroxylation is 1. The monoisotopic (exact) mass is 470 g/mol. The Balaban J connectivity index is 2.25. The maximum absolute atomic E-state index is 14.5. The van der Waals surface area contributed by atoms with E-state index in [1.165, 1.54) is 0 Å². The second-order valence-corrected chi connectivity index (χ2v) is 6.91. The number of ether oxygens (including phenoxy) is 2. The van der Waals surface area contributed by atoms with Gasteiger partial charge in [-0.25, -0.2) is 22.0 Å². The quantitative estimate of drug-likeness (QED) is 0.200. The van der Waals surface area contributed by atoms with E-state index in [0.29, 0.717) is 37.3 Å². The largest absolute Gasteiger partial charge is 0.460 e. The molecule has 170 valence electrons. The van der Waals surface area contributed by atoms with Crippen LogP contribution in [0.5, 0.6) is 11.5 Å². The van der Waals surface area contributed by atoms with E-state index in [1.807, 2.05) is 6.92 Å². The molecule has 2 rings (SSSR count). The van der Waals surface area contributed by atoms with Gasteiger partial charge in [-0.2, -0.15) is 8.78 Å². The van der Waals surface area contributed by atoms with Gasteiger partial charge in [0, 0.05) is 18.2 Å². The van der Waals surface area contributed by atoms with Gasteiger partial charge < -0.3 is 9.47 Å². The van der Waals surface area contributed by atoms with E-state index in [-0.39, 0.29) is 5.56 Å². The molecule has 0 N–H and O–H groups in total. The molecule has 0 heterocycles. The van der Waals surface area contributed by atoms with E-state index in [2.05, 4.69) is 9.47 Å². The second-order valence-electron chi connectivity index (χ2n) is 6.51. The summed E-state index contributed by atoms with van der Waals surface area (Å²) in [5.74, 6) is -5.92. The Morgan fingerprint density at radius 1 is 1.00 bits per heavy atom. The maximum Gasteiger partial charge on any atom is 0.432 e. The molecule has 0 radical (unpaired) electrons. The Bertz CT molecular complexity index is 886. The molecule has 31 heavy (non-hydrogen) atoms. The zero-order valence-electron chi connectivity index (χ0n) is 16.2. The molecule has 2 aromatic rings. The minimum Gasteiger partial charge on any atom is -0.460 e. The summed E-state index contributed by atoms with van der Waals surface area (Å²) in [5.41, 5.74) is -1.42. The third-order valence-corrected chi connectivity index (χ3v) is 4.37. The molecule has 2 nitrogen and oxygen atoms in total. The average molecular weight is 471 g/mol. The fourth-order valence-electron chi connectivity index (χ4n) is 2.70. The molecule has 0 aliphatic heterocycles. The van der Waals surface area contributed by atoms with Crippen molar-refractivity contribution in [3.05, 3.63) is 70.2 Å². The molecule has 0 spiro atoms. The van der Waals surface area contributed by atoms with Crippen molar-refractivity contribution in [2.45, 2.75) is 45.1 Å². The topological polar surface area (TPSA) is 18.5 Å². The molecule has 0 unspecified atom stereocenters. The molecule has 0 atom stereocenters. The lowest BCUT2D eigenvalue weighted by Crippen LogP contribution is -2.25. The van der Waals surface area contributed by atoms with Crippen LogP contribution in [-0.4, -0.2) is 6.43 Å². The van der Waals surface area contributed by atoms with Crippen molar-refractivity contribution in [2.75, 3.05) is 0 Å². The van der Waals surface area contributed by atoms with Crippen LogP contribution in [0.15, 0.2) is 36.6 Å². The van der Waals surface area contributed by atoms with Crippen molar-refractivity contribution in [2.24, 2.45) is 0 Å². The van der Waals surface area contributed by atoms with Crippen LogP contribution in [-0.2, 0) is 12.5 Å². The lowest BCUT2D eigenvalue weighted by atomic mass is 10.0. The number of hydrogen-bond donors (Lipinski definition) is 0. The molecular weight excluding hydrogens is 453 g/mol. The van der Waals surface area contributed by atoms with Crippen LogP contribution in [0.2, 0.25) is 5.02 Å². The predicted octanol–water partition coefficient (Wildman–Crippen LogP) is 7.78. The highest BCUT2D eigenvalue weighted by Gasteiger charge is 2.41. The van der Waals surface area contributed by atoms with E-state index < -0.39 is 52.1 Å². The second kappa shape index (κ2) is 10.7. The van der Waals surface area contributed by atoms with Gasteiger partial charge in [0.25, 0.3) is 6.43 Å². The summed E-state index contributed by atoms with van der Waals surface area (Å²) in [5, 5.41) is -0.586. The summed E-state index contributed by atoms with van der Waals surface area (Å²) in [6.45, 7) is 1.94. The molecular formula is C21H18ClF7O2. The molecule has 2 aromatic carbocycles. The van der Waals surface area contributed by atoms with Gasteiger partial charge >= 0.3 is 6.11 Å². The molecule has 0 bridgehead atoms. The van der Waals surface area contributed by atoms with E-state index >= 15 is 0 Å². The van der Waals surface area contributed by atoms with Crippen molar-refractivity contribution in [1.82, 2.24) is 0 Å². The van der Waals surface area contributed by atoms with Gasteiger partial charge in [-0.15, -0.1) is 0 Å². The normalized spacial score (nSPS) is 12.1. The van der Waals surface area contributed by atoms with Gasteiger partial charge in [0.2, 0.25) is 0 Å². The van der Waals surface area contributed by atoms with Crippen LogP contribution in [0.25, 0.3) is 0 Å². The van der Waals surface area contributed by atoms with E-state index in [4.69, 9.17) is 11.6 Å². The highest BCUT2D eigenvalue weighted by atomic mass is 35.5. The molecule has 0 amide bonds. The molecule has 0 fully saturated rings. The van der Waals surface area contributed by atoms with Gasteiger partial charge in [0.15, 0.2) is 11.6 Å². The Kier molecular flexibility index (Phi) is 8.61. The van der Waals surface area contributed by atoms with Crippen molar-refractivity contribution < 1.29 is 40.2 Å². The Hall–Kier alpha value is -2.42. The van der Waals surface area contributed by atoms with Crippen LogP contribution in [0, 0.1) is 17.5 Å². The predicted molar refractivity (Wildman–Crippen MR) is 101 cm³/mol. The van der Waals surface area contributed by atoms with Crippen LogP contribution >= 0.6 is 11.6 Å². The van der Waals surface area contributed by atoms with Gasteiger partial charge in [-0.05, 0) is 30.5 Å². The van der Waals surface area contributed by atoms with Gasteiger partial charge in [0.05, 0.1) is 11.3 Å². The molecule has 0 saturated heterocycles. The van der Waals surface area contributed by atoms with Gasteiger partial charge in [0.1, 0.15) is 22.9 Å². The third-order valence-electron chi connectivity index (χ3n) is 4.09. The molecule has 0 aromatic heterocycles. The minimum absolute atomic E-state index is 0.218. The third kappa shape index (κ3) is 6.78. The zero-order valence-corrected chi connectivity index (χ0v) is 17.0. The van der Waals surface area contributed by atoms with E-state index in [0.717, 1.165) is 25.0 Å². The van der Waals surface area contributed by atoms with Crippen molar-refractivity contribution in [3.8, 4) is 11.5 Å². The van der Waals surface area contributed by atoms with Crippen LogP contribution in [0.1, 0.15) is 37.3 Å². The van der Waals surface area contributed by atoms with Gasteiger partial charge in [-0.1, -0.05) is 31.4 Å². The number of benzene rings is 2. The zero-order chi connectivity index (χ0) is 23.2. The lowest BCUT2D eigenvalue weighted by Gasteiger charge is -2.20. The Morgan fingerprint density at radius 2 is 1.65 bits per heavy atom. The number of alkyl halides is 4. The first kappa shape index (κ1) is 24.8. The molecule has 10 heteroatoms. The lowest BCUT2D eigenvalue weighted by molar-refractivity contribution is -0.189. The van der Waals surface area contributed by atoms with Crippen molar-refractivity contribution in [1.29, 1.82) is 0 Å². The number of unbranched alkanes of at least 4 members (excludes halogenated alkanes) is 2. The first-order valence-corrected chi connectivity index (χ1v) is 9.58. The summed E-state index contributed by atoms with van der Waals surface area (Å²) in [6.07, 6.45) is -3.95. The molecule has 0 aliphatic rings. The summed E-state index contributed by atoms with van der Waals surface area (Å²) < 4.78 is 105. The first-order valence-electron chi connectivity index (χ1n) is 9.21. The Morgan fingerprint density at radius 3 is 2.19 bits per heavy atom. The SMILES string of the molecule is CCCCCc1cc(F)c(C(F)(F)Oc2cc(F)c(O/C=C/C(F)F)c(Cl)c2)c(F)c1. The van der Waals surface area contributed by atoms with Crippen molar-refractivity contribution in [3.63, 3.8) is 0 Å². The van der Waals surface area contributed by atoms with Crippen LogP contribution in [0.4, 0.5) is 30.7 Å². The Labute approximate surface area is 179 Å². The van der Waals surface area contributed by atoms with E-state index in [9.17, 15) is 30.7 Å². The summed E-state index contributed by atoms with van der Waals surface area (Å²) in [4.78, 5) is 0. The summed E-state index contributed by atoms with van der Waals surface area (Å²) >= 11 is 5.71. The smallest absolute Gasteiger partial charge is 0.432 e. The van der Waals surface area contributed by atoms with Gasteiger partial charge in [-0.3, -0.25) is 0 Å². The fourth-order valence-corrected chi connectivity index (χ4v) is 2.94. The fraction of sp³-hybridized carbons (Fsp3) is 0.333. The number of rotatable bonds is 10. The first-order chi connectivity index (χ1) is 14.5. The van der Waals surface area contributed by atoms with E-state index in [1.54, 1.807) is 0 Å². The van der Waals surface area contributed by atoms with Crippen LogP contribution < -0.4 is 9.47 Å². The minimum atomic E-state index is -4.50. The highest BCUT2D eigenvalue weighted by molar-refractivity contribution is 6.32. The number of allylic oxidation sites excluding steroid dienone is 1.